The number of rotatable bonds is 5. The highest BCUT2D eigenvalue weighted by Gasteiger charge is 2.14. The van der Waals surface area contributed by atoms with Crippen LogP contribution in [0.1, 0.15) is 10.4 Å². The van der Waals surface area contributed by atoms with E-state index in [0.29, 0.717) is 39.7 Å². The molecule has 0 saturated heterocycles. The zero-order valence-corrected chi connectivity index (χ0v) is 17.7. The number of oxazole rings is 1. The van der Waals surface area contributed by atoms with E-state index in [1.165, 1.54) is 7.11 Å². The van der Waals surface area contributed by atoms with Gasteiger partial charge in [0.2, 0.25) is 5.89 Å². The van der Waals surface area contributed by atoms with Crippen molar-refractivity contribution in [2.24, 2.45) is 0 Å². The minimum atomic E-state index is -0.362. The Morgan fingerprint density at radius 3 is 2.65 bits per heavy atom. The number of amides is 1. The average molecular weight is 433 g/mol. The van der Waals surface area contributed by atoms with Crippen LogP contribution in [0.2, 0.25) is 0 Å². The van der Waals surface area contributed by atoms with Gasteiger partial charge in [-0.2, -0.15) is 0 Å². The van der Waals surface area contributed by atoms with Crippen LogP contribution in [0.4, 0.5) is 5.69 Å². The molecule has 31 heavy (non-hydrogen) atoms. The van der Waals surface area contributed by atoms with Crippen LogP contribution >= 0.6 is 12.2 Å². The van der Waals surface area contributed by atoms with Crippen molar-refractivity contribution in [2.75, 3.05) is 19.5 Å². The van der Waals surface area contributed by atoms with Crippen LogP contribution in [0.3, 0.4) is 0 Å². The van der Waals surface area contributed by atoms with Crippen molar-refractivity contribution in [2.45, 2.75) is 0 Å². The highest BCUT2D eigenvalue weighted by Crippen LogP contribution is 2.28. The third-order valence-electron chi connectivity index (χ3n) is 4.54. The third kappa shape index (κ3) is 4.49. The number of hydrogen-bond acceptors (Lipinski definition) is 6. The molecule has 0 spiro atoms. The van der Waals surface area contributed by atoms with Gasteiger partial charge in [-0.1, -0.05) is 18.2 Å². The molecule has 8 heteroatoms. The molecule has 1 aromatic heterocycles. The number of ether oxygens (including phenoxy) is 2. The molecule has 0 bridgehead atoms. The monoisotopic (exact) mass is 433 g/mol. The van der Waals surface area contributed by atoms with Gasteiger partial charge in [-0.15, -0.1) is 0 Å². The number of nitrogens with one attached hydrogen (secondary N) is 2. The smallest absolute Gasteiger partial charge is 0.261 e. The van der Waals surface area contributed by atoms with E-state index in [2.05, 4.69) is 15.6 Å². The highest BCUT2D eigenvalue weighted by atomic mass is 32.1. The molecule has 0 aliphatic carbocycles. The largest absolute Gasteiger partial charge is 0.497 e. The van der Waals surface area contributed by atoms with Crippen molar-refractivity contribution in [3.05, 3.63) is 72.3 Å². The summed E-state index contributed by atoms with van der Waals surface area (Å²) in [7, 11) is 3.11. The first-order valence-corrected chi connectivity index (χ1v) is 9.78. The number of hydrogen-bond donors (Lipinski definition) is 2. The van der Waals surface area contributed by atoms with Crippen LogP contribution < -0.4 is 20.1 Å². The van der Waals surface area contributed by atoms with E-state index in [1.807, 2.05) is 42.5 Å². The number of aromatic nitrogens is 1. The fourth-order valence-electron chi connectivity index (χ4n) is 3.05. The van der Waals surface area contributed by atoms with Crippen molar-refractivity contribution in [3.63, 3.8) is 0 Å². The summed E-state index contributed by atoms with van der Waals surface area (Å²) in [5.74, 6) is 1.28. The summed E-state index contributed by atoms with van der Waals surface area (Å²) in [5.41, 5.74) is 3.20. The maximum absolute atomic E-state index is 12.5. The highest BCUT2D eigenvalue weighted by molar-refractivity contribution is 7.80. The number of thiocarbonyl (C=S) groups is 1. The van der Waals surface area contributed by atoms with E-state index >= 15 is 0 Å². The number of anilines is 1. The van der Waals surface area contributed by atoms with Crippen molar-refractivity contribution in [1.29, 1.82) is 0 Å². The van der Waals surface area contributed by atoms with Gasteiger partial charge < -0.3 is 19.2 Å². The minimum absolute atomic E-state index is 0.162. The topological polar surface area (TPSA) is 85.6 Å². The lowest BCUT2D eigenvalue weighted by atomic mass is 10.2. The number of nitrogens with zero attached hydrogens (tertiary/aromatic N) is 1. The molecule has 156 valence electrons. The zero-order valence-electron chi connectivity index (χ0n) is 16.8. The molecule has 0 unspecified atom stereocenters. The van der Waals surface area contributed by atoms with Crippen LogP contribution in [0.15, 0.2) is 71.1 Å². The van der Waals surface area contributed by atoms with E-state index in [0.717, 1.165) is 5.56 Å². The SMILES string of the molecule is COc1ccc2oc(-c3cccc(NC(=S)NC(=O)c4ccccc4OC)c3)nc2c1. The molecule has 0 saturated carbocycles. The molecule has 7 nitrogen and oxygen atoms in total. The van der Waals surface area contributed by atoms with E-state index in [1.54, 1.807) is 31.4 Å². The number of fused-ring (bicyclic) bond motifs is 1. The molecular formula is C23H19N3O4S. The maximum Gasteiger partial charge on any atom is 0.261 e. The van der Waals surface area contributed by atoms with Gasteiger partial charge in [-0.25, -0.2) is 4.98 Å². The van der Waals surface area contributed by atoms with Gasteiger partial charge >= 0.3 is 0 Å². The number of carbonyl (C=O) groups excluding carboxylic acids is 1. The number of methoxy groups -OCH3 is 2. The Hall–Kier alpha value is -3.91. The average Bonchev–Trinajstić information content (AvgIpc) is 3.22. The molecule has 3 aromatic carbocycles. The predicted molar refractivity (Wildman–Crippen MR) is 123 cm³/mol. The lowest BCUT2D eigenvalue weighted by Crippen LogP contribution is -2.34. The van der Waals surface area contributed by atoms with Crippen molar-refractivity contribution < 1.29 is 18.7 Å². The second kappa shape index (κ2) is 8.85. The Morgan fingerprint density at radius 1 is 1.00 bits per heavy atom. The number of benzene rings is 3. The van der Waals surface area contributed by atoms with Crippen LogP contribution in [-0.2, 0) is 0 Å². The summed E-state index contributed by atoms with van der Waals surface area (Å²) in [6.45, 7) is 0. The van der Waals surface area contributed by atoms with Crippen LogP contribution in [0, 0.1) is 0 Å². The van der Waals surface area contributed by atoms with Crippen LogP contribution in [0.25, 0.3) is 22.6 Å². The Morgan fingerprint density at radius 2 is 1.84 bits per heavy atom. The molecule has 0 fully saturated rings. The molecule has 0 atom stereocenters. The Kier molecular flexibility index (Phi) is 5.81. The van der Waals surface area contributed by atoms with Gasteiger partial charge in [0.25, 0.3) is 5.91 Å². The quantitative estimate of drug-likeness (QED) is 0.444. The summed E-state index contributed by atoms with van der Waals surface area (Å²) in [5, 5.41) is 5.84. The summed E-state index contributed by atoms with van der Waals surface area (Å²) in [4.78, 5) is 17.0. The lowest BCUT2D eigenvalue weighted by Gasteiger charge is -2.12. The van der Waals surface area contributed by atoms with Crippen molar-refractivity contribution in [3.8, 4) is 23.0 Å². The molecule has 1 heterocycles. The first-order chi connectivity index (χ1) is 15.1. The first-order valence-electron chi connectivity index (χ1n) is 9.38. The number of carbonyl (C=O) groups is 1. The Bertz CT molecular complexity index is 1270. The molecule has 1 amide bonds. The molecular weight excluding hydrogens is 414 g/mol. The lowest BCUT2D eigenvalue weighted by molar-refractivity contribution is 0.0975. The summed E-state index contributed by atoms with van der Waals surface area (Å²) in [6, 6.07) is 19.8. The molecule has 0 aliphatic heterocycles. The van der Waals surface area contributed by atoms with Gasteiger partial charge in [0.05, 0.1) is 19.8 Å². The fraction of sp³-hybridized carbons (Fsp3) is 0.0870. The molecule has 0 radical (unpaired) electrons. The predicted octanol–water partition coefficient (Wildman–Crippen LogP) is 4.64. The number of para-hydroxylation sites is 1. The zero-order chi connectivity index (χ0) is 21.8. The Labute approximate surface area is 184 Å². The van der Waals surface area contributed by atoms with Gasteiger partial charge in [0.1, 0.15) is 17.0 Å². The van der Waals surface area contributed by atoms with E-state index in [4.69, 9.17) is 26.1 Å². The van der Waals surface area contributed by atoms with Gasteiger partial charge in [0, 0.05) is 17.3 Å². The standard InChI is InChI=1S/C23H19N3O4S/c1-28-16-10-11-20-18(13-16)25-22(30-20)14-6-5-7-15(12-14)24-23(31)26-21(27)17-8-3-4-9-19(17)29-2/h3-13H,1-2H3,(H2,24,26,27,31). The van der Waals surface area contributed by atoms with Crippen molar-refractivity contribution in [1.82, 2.24) is 10.3 Å². The van der Waals surface area contributed by atoms with Gasteiger partial charge in [0.15, 0.2) is 10.7 Å². The third-order valence-corrected chi connectivity index (χ3v) is 4.74. The second-order valence-corrected chi connectivity index (χ2v) is 6.95. The van der Waals surface area contributed by atoms with E-state index < -0.39 is 0 Å². The summed E-state index contributed by atoms with van der Waals surface area (Å²) in [6.07, 6.45) is 0. The van der Waals surface area contributed by atoms with E-state index in [9.17, 15) is 4.79 Å². The first kappa shape index (κ1) is 20.4. The van der Waals surface area contributed by atoms with Gasteiger partial charge in [-0.05, 0) is 54.7 Å². The van der Waals surface area contributed by atoms with Crippen molar-refractivity contribution >= 4 is 40.0 Å². The van der Waals surface area contributed by atoms with Crippen LogP contribution in [-0.4, -0.2) is 30.2 Å². The minimum Gasteiger partial charge on any atom is -0.497 e. The Balaban J connectivity index is 1.49. The molecule has 4 rings (SSSR count). The molecule has 0 aliphatic rings. The molecule has 4 aromatic rings. The second-order valence-electron chi connectivity index (χ2n) is 6.54. The van der Waals surface area contributed by atoms with Gasteiger partial charge in [-0.3, -0.25) is 10.1 Å². The fourth-order valence-corrected chi connectivity index (χ4v) is 3.26. The summed E-state index contributed by atoms with van der Waals surface area (Å²) < 4.78 is 16.3. The van der Waals surface area contributed by atoms with Crippen LogP contribution in [0.5, 0.6) is 11.5 Å². The maximum atomic E-state index is 12.5. The molecule has 2 N–H and O–H groups in total. The van der Waals surface area contributed by atoms with E-state index in [-0.39, 0.29) is 11.0 Å². The normalized spacial score (nSPS) is 10.5. The summed E-state index contributed by atoms with van der Waals surface area (Å²) >= 11 is 5.30.